The zero-order valence-electron chi connectivity index (χ0n) is 10.1. The molecule has 0 saturated carbocycles. The summed E-state index contributed by atoms with van der Waals surface area (Å²) in [5, 5.41) is 0. The van der Waals surface area contributed by atoms with Crippen molar-refractivity contribution in [2.45, 2.75) is 25.7 Å². The van der Waals surface area contributed by atoms with E-state index in [0.717, 1.165) is 24.0 Å². The van der Waals surface area contributed by atoms with Gasteiger partial charge in [0.15, 0.2) is 0 Å². The van der Waals surface area contributed by atoms with Gasteiger partial charge < -0.3 is 0 Å². The van der Waals surface area contributed by atoms with Gasteiger partial charge in [0.2, 0.25) is 10.0 Å². The molecule has 0 fully saturated rings. The molecule has 0 spiro atoms. The van der Waals surface area contributed by atoms with E-state index in [0.29, 0.717) is 11.6 Å². The summed E-state index contributed by atoms with van der Waals surface area (Å²) in [6.07, 6.45) is 7.61. The summed E-state index contributed by atoms with van der Waals surface area (Å²) < 4.78 is 25.2. The van der Waals surface area contributed by atoms with Gasteiger partial charge in [-0.2, -0.15) is 0 Å². The Balaban J connectivity index is 2.40. The maximum Gasteiger partial charge on any atom is 0.229 e. The van der Waals surface area contributed by atoms with E-state index in [4.69, 9.17) is 0 Å². The highest BCUT2D eigenvalue weighted by molar-refractivity contribution is 7.92. The van der Waals surface area contributed by atoms with Gasteiger partial charge in [0.1, 0.15) is 0 Å². The Morgan fingerprint density at radius 2 is 2.12 bits per heavy atom. The van der Waals surface area contributed by atoms with Crippen LogP contribution in [0.3, 0.4) is 0 Å². The first-order valence-corrected chi connectivity index (χ1v) is 7.60. The molecule has 0 heterocycles. The van der Waals surface area contributed by atoms with Crippen LogP contribution in [0.5, 0.6) is 0 Å². The monoisotopic (exact) mass is 251 g/mol. The van der Waals surface area contributed by atoms with Crippen molar-refractivity contribution in [3.63, 3.8) is 0 Å². The minimum Gasteiger partial charge on any atom is -0.283 e. The summed E-state index contributed by atoms with van der Waals surface area (Å²) in [5.74, 6) is 0.333. The number of benzene rings is 1. The van der Waals surface area contributed by atoms with Gasteiger partial charge in [-0.1, -0.05) is 29.8 Å². The number of anilines is 1. The third-order valence-corrected chi connectivity index (χ3v) is 3.51. The smallest absolute Gasteiger partial charge is 0.229 e. The summed E-state index contributed by atoms with van der Waals surface area (Å²) in [6.45, 7) is 2.02. The fraction of sp³-hybridized carbons (Fsp3) is 0.385. The van der Waals surface area contributed by atoms with E-state index < -0.39 is 10.0 Å². The summed E-state index contributed by atoms with van der Waals surface area (Å²) in [5.41, 5.74) is 2.93. The Labute approximate surface area is 103 Å². The molecule has 1 aliphatic carbocycles. The molecular formula is C13H17NO2S. The van der Waals surface area contributed by atoms with Crippen LogP contribution in [0, 0.1) is 6.92 Å². The Morgan fingerprint density at radius 3 is 2.71 bits per heavy atom. The van der Waals surface area contributed by atoms with Gasteiger partial charge in [0, 0.05) is 5.92 Å². The van der Waals surface area contributed by atoms with Crippen LogP contribution in [0.2, 0.25) is 0 Å². The van der Waals surface area contributed by atoms with Crippen LogP contribution in [0.4, 0.5) is 5.69 Å². The van der Waals surface area contributed by atoms with Gasteiger partial charge in [-0.05, 0) is 31.4 Å². The number of hydrogen-bond acceptors (Lipinski definition) is 2. The van der Waals surface area contributed by atoms with Gasteiger partial charge in [-0.3, -0.25) is 4.72 Å². The van der Waals surface area contributed by atoms with Crippen molar-refractivity contribution in [3.8, 4) is 0 Å². The van der Waals surface area contributed by atoms with E-state index in [1.54, 1.807) is 0 Å². The lowest BCUT2D eigenvalue weighted by molar-refractivity contribution is 0.606. The normalized spacial score (nSPS) is 19.5. The van der Waals surface area contributed by atoms with Crippen molar-refractivity contribution in [1.29, 1.82) is 0 Å². The van der Waals surface area contributed by atoms with Crippen molar-refractivity contribution >= 4 is 15.7 Å². The molecule has 0 bridgehead atoms. The molecular weight excluding hydrogens is 234 g/mol. The van der Waals surface area contributed by atoms with Crippen molar-refractivity contribution < 1.29 is 8.42 Å². The second kappa shape index (κ2) is 4.53. The lowest BCUT2D eigenvalue weighted by Gasteiger charge is -2.15. The van der Waals surface area contributed by atoms with Gasteiger partial charge in [-0.25, -0.2) is 8.42 Å². The average Bonchev–Trinajstić information content (AvgIpc) is 2.71. The molecule has 1 unspecified atom stereocenters. The van der Waals surface area contributed by atoms with E-state index in [2.05, 4.69) is 22.9 Å². The SMILES string of the molecule is Cc1ccc(NS(C)(=O)=O)c(C2C=CCC2)c1. The van der Waals surface area contributed by atoms with Crippen LogP contribution in [-0.4, -0.2) is 14.7 Å². The molecule has 0 radical (unpaired) electrons. The van der Waals surface area contributed by atoms with E-state index in [9.17, 15) is 8.42 Å². The van der Waals surface area contributed by atoms with E-state index >= 15 is 0 Å². The predicted molar refractivity (Wildman–Crippen MR) is 70.8 cm³/mol. The fourth-order valence-corrected chi connectivity index (χ4v) is 2.76. The second-order valence-corrected chi connectivity index (χ2v) is 6.33. The van der Waals surface area contributed by atoms with Crippen molar-refractivity contribution in [2.75, 3.05) is 11.0 Å². The quantitative estimate of drug-likeness (QED) is 0.840. The lowest BCUT2D eigenvalue weighted by Crippen LogP contribution is -2.12. The molecule has 2 rings (SSSR count). The molecule has 3 nitrogen and oxygen atoms in total. The van der Waals surface area contributed by atoms with Gasteiger partial charge in [0.05, 0.1) is 11.9 Å². The number of nitrogens with one attached hydrogen (secondary N) is 1. The molecule has 1 N–H and O–H groups in total. The molecule has 1 aromatic carbocycles. The first kappa shape index (κ1) is 12.2. The number of rotatable bonds is 3. The zero-order chi connectivity index (χ0) is 12.5. The fourth-order valence-electron chi connectivity index (χ4n) is 2.17. The Kier molecular flexibility index (Phi) is 3.24. The summed E-state index contributed by atoms with van der Waals surface area (Å²) in [4.78, 5) is 0. The molecule has 1 aromatic rings. The molecule has 0 saturated heterocycles. The second-order valence-electron chi connectivity index (χ2n) is 4.58. The molecule has 1 aliphatic rings. The zero-order valence-corrected chi connectivity index (χ0v) is 10.9. The average molecular weight is 251 g/mol. The van der Waals surface area contributed by atoms with Gasteiger partial charge >= 0.3 is 0 Å². The van der Waals surface area contributed by atoms with Crippen LogP contribution in [0.25, 0.3) is 0 Å². The van der Waals surface area contributed by atoms with Crippen LogP contribution in [0.1, 0.15) is 29.9 Å². The third-order valence-electron chi connectivity index (χ3n) is 2.91. The largest absolute Gasteiger partial charge is 0.283 e. The minimum atomic E-state index is -3.22. The first-order valence-electron chi connectivity index (χ1n) is 5.71. The van der Waals surface area contributed by atoms with E-state index in [-0.39, 0.29) is 0 Å². The summed E-state index contributed by atoms with van der Waals surface area (Å²) >= 11 is 0. The van der Waals surface area contributed by atoms with Crippen LogP contribution < -0.4 is 4.72 Å². The van der Waals surface area contributed by atoms with Gasteiger partial charge in [0.25, 0.3) is 0 Å². The molecule has 92 valence electrons. The topological polar surface area (TPSA) is 46.2 Å². The number of hydrogen-bond donors (Lipinski definition) is 1. The first-order chi connectivity index (χ1) is 7.96. The standard InChI is InChI=1S/C13H17NO2S/c1-10-7-8-13(14-17(2,15)16)12(9-10)11-5-3-4-6-11/h3,5,7-9,11,14H,4,6H2,1-2H3. The van der Waals surface area contributed by atoms with Crippen LogP contribution >= 0.6 is 0 Å². The Morgan fingerprint density at radius 1 is 1.35 bits per heavy atom. The lowest BCUT2D eigenvalue weighted by atomic mass is 9.95. The summed E-state index contributed by atoms with van der Waals surface area (Å²) in [6, 6.07) is 5.83. The van der Waals surface area contributed by atoms with Crippen LogP contribution in [-0.2, 0) is 10.0 Å². The van der Waals surface area contributed by atoms with Crippen molar-refractivity contribution in [2.24, 2.45) is 0 Å². The summed E-state index contributed by atoms with van der Waals surface area (Å²) in [7, 11) is -3.22. The number of allylic oxidation sites excluding steroid dienone is 2. The predicted octanol–water partition coefficient (Wildman–Crippen LogP) is 2.80. The minimum absolute atomic E-state index is 0.333. The highest BCUT2D eigenvalue weighted by Crippen LogP contribution is 2.34. The Hall–Kier alpha value is -1.29. The maximum absolute atomic E-state index is 11.3. The molecule has 17 heavy (non-hydrogen) atoms. The highest BCUT2D eigenvalue weighted by Gasteiger charge is 2.17. The van der Waals surface area contributed by atoms with Crippen molar-refractivity contribution in [3.05, 3.63) is 41.5 Å². The van der Waals surface area contributed by atoms with E-state index in [1.165, 1.54) is 6.26 Å². The molecule has 0 amide bonds. The van der Waals surface area contributed by atoms with Crippen molar-refractivity contribution in [1.82, 2.24) is 0 Å². The molecule has 4 heteroatoms. The molecule has 1 atom stereocenters. The van der Waals surface area contributed by atoms with Gasteiger partial charge in [-0.15, -0.1) is 0 Å². The molecule has 0 aromatic heterocycles. The number of aryl methyl sites for hydroxylation is 1. The Bertz CT molecular complexity index is 547. The number of sulfonamides is 1. The third kappa shape index (κ3) is 3.09. The van der Waals surface area contributed by atoms with E-state index in [1.807, 2.05) is 19.1 Å². The van der Waals surface area contributed by atoms with Crippen LogP contribution in [0.15, 0.2) is 30.4 Å². The molecule has 0 aliphatic heterocycles. The highest BCUT2D eigenvalue weighted by atomic mass is 32.2. The maximum atomic E-state index is 11.3.